The molecule has 0 saturated carbocycles. The van der Waals surface area contributed by atoms with Crippen molar-refractivity contribution in [3.8, 4) is 0 Å². The van der Waals surface area contributed by atoms with E-state index in [9.17, 15) is 9.59 Å². The number of aromatic nitrogens is 1. The summed E-state index contributed by atoms with van der Waals surface area (Å²) in [5, 5.41) is 4.05. The second kappa shape index (κ2) is 7.66. The van der Waals surface area contributed by atoms with Crippen LogP contribution in [0.2, 0.25) is 0 Å². The van der Waals surface area contributed by atoms with Crippen molar-refractivity contribution in [3.63, 3.8) is 0 Å². The van der Waals surface area contributed by atoms with Crippen LogP contribution in [0, 0.1) is 6.92 Å². The number of amides is 1. The third kappa shape index (κ3) is 3.87. The highest BCUT2D eigenvalue weighted by molar-refractivity contribution is 8.00. The van der Waals surface area contributed by atoms with Gasteiger partial charge in [-0.1, -0.05) is 35.5 Å². The highest BCUT2D eigenvalue weighted by Gasteiger charge is 2.31. The predicted molar refractivity (Wildman–Crippen MR) is 93.0 cm³/mol. The first-order valence-electron chi connectivity index (χ1n) is 8.04. The van der Waals surface area contributed by atoms with E-state index in [1.807, 2.05) is 36.1 Å². The number of likely N-dealkylation sites (tertiary alicyclic amines) is 1. The third-order valence-corrected chi connectivity index (χ3v) is 5.03. The van der Waals surface area contributed by atoms with Gasteiger partial charge in [0.15, 0.2) is 5.78 Å². The summed E-state index contributed by atoms with van der Waals surface area (Å²) >= 11 is 1.37. The van der Waals surface area contributed by atoms with E-state index in [0.717, 1.165) is 30.8 Å². The summed E-state index contributed by atoms with van der Waals surface area (Å²) in [6.07, 6.45) is 1.88. The Morgan fingerprint density at radius 3 is 2.79 bits per heavy atom. The summed E-state index contributed by atoms with van der Waals surface area (Å²) in [5.41, 5.74) is 1.51. The number of ketones is 1. The quantitative estimate of drug-likeness (QED) is 0.753. The monoisotopic (exact) mass is 344 g/mol. The first-order chi connectivity index (χ1) is 11.6. The molecule has 2 heterocycles. The number of hydrogen-bond donors (Lipinski definition) is 0. The molecule has 0 N–H and O–H groups in total. The van der Waals surface area contributed by atoms with Crippen LogP contribution in [0.1, 0.15) is 40.7 Å². The molecule has 2 aromatic rings. The summed E-state index contributed by atoms with van der Waals surface area (Å²) in [5.74, 6) is 1.50. The minimum Gasteiger partial charge on any atom is -0.361 e. The smallest absolute Gasteiger partial charge is 0.233 e. The Labute approximate surface area is 145 Å². The average molecular weight is 344 g/mol. The van der Waals surface area contributed by atoms with Gasteiger partial charge in [-0.15, -0.1) is 11.8 Å². The zero-order chi connectivity index (χ0) is 16.9. The van der Waals surface area contributed by atoms with Crippen molar-refractivity contribution in [1.29, 1.82) is 0 Å². The van der Waals surface area contributed by atoms with Gasteiger partial charge in [0, 0.05) is 18.2 Å². The molecule has 1 fully saturated rings. The minimum atomic E-state index is 0.000347. The van der Waals surface area contributed by atoms with E-state index in [4.69, 9.17) is 4.52 Å². The number of Topliss-reactive ketones (excluding diaryl/α,β-unsaturated/α-hetero) is 1. The fraction of sp³-hybridized carbons (Fsp3) is 0.389. The van der Waals surface area contributed by atoms with E-state index in [1.54, 1.807) is 12.1 Å². The molecule has 1 saturated heterocycles. The molecule has 1 aromatic carbocycles. The third-order valence-electron chi connectivity index (χ3n) is 4.12. The Morgan fingerprint density at radius 2 is 2.08 bits per heavy atom. The summed E-state index contributed by atoms with van der Waals surface area (Å²) in [6, 6.07) is 11.1. The average Bonchev–Trinajstić information content (AvgIpc) is 3.24. The summed E-state index contributed by atoms with van der Waals surface area (Å²) in [7, 11) is 0. The number of thioether (sulfide) groups is 1. The lowest BCUT2D eigenvalue weighted by Crippen LogP contribution is -2.32. The van der Waals surface area contributed by atoms with Gasteiger partial charge in [-0.3, -0.25) is 9.59 Å². The lowest BCUT2D eigenvalue weighted by Gasteiger charge is -2.22. The van der Waals surface area contributed by atoms with Crippen molar-refractivity contribution >= 4 is 23.5 Å². The van der Waals surface area contributed by atoms with E-state index >= 15 is 0 Å². The van der Waals surface area contributed by atoms with E-state index in [0.29, 0.717) is 17.1 Å². The van der Waals surface area contributed by atoms with E-state index in [2.05, 4.69) is 5.16 Å². The van der Waals surface area contributed by atoms with Gasteiger partial charge < -0.3 is 9.42 Å². The van der Waals surface area contributed by atoms with Crippen molar-refractivity contribution in [2.45, 2.75) is 25.8 Å². The highest BCUT2D eigenvalue weighted by Crippen LogP contribution is 2.32. The summed E-state index contributed by atoms with van der Waals surface area (Å²) < 4.78 is 5.13. The largest absolute Gasteiger partial charge is 0.361 e. The number of aryl methyl sites for hydroxylation is 1. The SMILES string of the molecule is Cc1cc(C2CCCN2C(=O)CSCC(=O)c2ccccc2)no1. The van der Waals surface area contributed by atoms with Crippen LogP contribution in [0.15, 0.2) is 40.9 Å². The second-order valence-corrected chi connectivity index (χ2v) is 6.88. The number of benzene rings is 1. The Balaban J connectivity index is 1.52. The molecule has 1 unspecified atom stereocenters. The molecule has 0 radical (unpaired) electrons. The molecule has 1 aliphatic heterocycles. The maximum Gasteiger partial charge on any atom is 0.233 e. The Kier molecular flexibility index (Phi) is 5.35. The molecule has 1 atom stereocenters. The minimum absolute atomic E-state index is 0.000347. The van der Waals surface area contributed by atoms with Gasteiger partial charge in [0.25, 0.3) is 0 Å². The zero-order valence-electron chi connectivity index (χ0n) is 13.6. The lowest BCUT2D eigenvalue weighted by molar-refractivity contribution is -0.129. The van der Waals surface area contributed by atoms with Crippen molar-refractivity contribution in [2.24, 2.45) is 0 Å². The predicted octanol–water partition coefficient (Wildman–Crippen LogP) is 3.26. The molecule has 126 valence electrons. The molecule has 1 aliphatic rings. The zero-order valence-corrected chi connectivity index (χ0v) is 14.4. The van der Waals surface area contributed by atoms with Gasteiger partial charge >= 0.3 is 0 Å². The van der Waals surface area contributed by atoms with Gasteiger partial charge in [0.2, 0.25) is 5.91 Å². The van der Waals surface area contributed by atoms with Crippen LogP contribution < -0.4 is 0 Å². The Morgan fingerprint density at radius 1 is 1.29 bits per heavy atom. The van der Waals surface area contributed by atoms with Crippen LogP contribution in [0.4, 0.5) is 0 Å². The molecule has 0 bridgehead atoms. The van der Waals surface area contributed by atoms with Crippen LogP contribution in [-0.4, -0.2) is 39.8 Å². The second-order valence-electron chi connectivity index (χ2n) is 5.89. The van der Waals surface area contributed by atoms with Crippen molar-refractivity contribution < 1.29 is 14.1 Å². The van der Waals surface area contributed by atoms with Crippen molar-refractivity contribution in [1.82, 2.24) is 10.1 Å². The molecule has 0 spiro atoms. The molecule has 6 heteroatoms. The van der Waals surface area contributed by atoms with Gasteiger partial charge in [-0.2, -0.15) is 0 Å². The van der Waals surface area contributed by atoms with Crippen molar-refractivity contribution in [2.75, 3.05) is 18.1 Å². The van der Waals surface area contributed by atoms with Crippen LogP contribution in [0.5, 0.6) is 0 Å². The highest BCUT2D eigenvalue weighted by atomic mass is 32.2. The molecule has 1 aromatic heterocycles. The molecule has 3 rings (SSSR count). The maximum absolute atomic E-state index is 12.5. The van der Waals surface area contributed by atoms with Crippen LogP contribution in [-0.2, 0) is 4.79 Å². The fourth-order valence-corrected chi connectivity index (χ4v) is 3.73. The van der Waals surface area contributed by atoms with Gasteiger partial charge in [0.1, 0.15) is 11.5 Å². The standard InChI is InChI=1S/C18H20N2O3S/c1-13-10-15(19-23-13)16-8-5-9-20(16)18(22)12-24-11-17(21)14-6-3-2-4-7-14/h2-4,6-7,10,16H,5,8-9,11-12H2,1H3. The molecule has 0 aliphatic carbocycles. The first kappa shape index (κ1) is 16.8. The molecule has 5 nitrogen and oxygen atoms in total. The van der Waals surface area contributed by atoms with Crippen molar-refractivity contribution in [3.05, 3.63) is 53.4 Å². The maximum atomic E-state index is 12.5. The normalized spacial score (nSPS) is 17.2. The summed E-state index contributed by atoms with van der Waals surface area (Å²) in [4.78, 5) is 26.4. The Hall–Kier alpha value is -2.08. The number of carbonyl (C=O) groups is 2. The fourth-order valence-electron chi connectivity index (χ4n) is 2.94. The van der Waals surface area contributed by atoms with E-state index in [1.165, 1.54) is 11.8 Å². The van der Waals surface area contributed by atoms with Gasteiger partial charge in [-0.25, -0.2) is 0 Å². The number of rotatable bonds is 6. The van der Waals surface area contributed by atoms with Crippen LogP contribution in [0.3, 0.4) is 0 Å². The van der Waals surface area contributed by atoms with E-state index in [-0.39, 0.29) is 17.7 Å². The molecule has 1 amide bonds. The van der Waals surface area contributed by atoms with Gasteiger partial charge in [0.05, 0.1) is 17.5 Å². The molecule has 24 heavy (non-hydrogen) atoms. The molecular weight excluding hydrogens is 324 g/mol. The van der Waals surface area contributed by atoms with Crippen LogP contribution in [0.25, 0.3) is 0 Å². The Bertz CT molecular complexity index is 714. The van der Waals surface area contributed by atoms with Gasteiger partial charge in [-0.05, 0) is 19.8 Å². The number of hydrogen-bond acceptors (Lipinski definition) is 5. The van der Waals surface area contributed by atoms with E-state index < -0.39 is 0 Å². The molecular formula is C18H20N2O3S. The van der Waals surface area contributed by atoms with Crippen LogP contribution >= 0.6 is 11.8 Å². The topological polar surface area (TPSA) is 63.4 Å². The first-order valence-corrected chi connectivity index (χ1v) is 9.19. The number of carbonyl (C=O) groups excluding carboxylic acids is 2. The lowest BCUT2D eigenvalue weighted by atomic mass is 10.1. The summed E-state index contributed by atoms with van der Waals surface area (Å²) in [6.45, 7) is 2.59. The number of nitrogens with zero attached hydrogens (tertiary/aromatic N) is 2.